The number of amides is 3. The highest BCUT2D eigenvalue weighted by molar-refractivity contribution is 6.04. The third-order valence-electron chi connectivity index (χ3n) is 4.50. The van der Waals surface area contributed by atoms with E-state index in [2.05, 4.69) is 10.6 Å². The molecule has 0 spiro atoms. The van der Waals surface area contributed by atoms with Crippen molar-refractivity contribution in [3.63, 3.8) is 0 Å². The third-order valence-corrected chi connectivity index (χ3v) is 4.50. The molecule has 0 aliphatic carbocycles. The van der Waals surface area contributed by atoms with Crippen LogP contribution < -0.4 is 22.1 Å². The maximum absolute atomic E-state index is 12.4. The van der Waals surface area contributed by atoms with E-state index in [-0.39, 0.29) is 11.9 Å². The van der Waals surface area contributed by atoms with Gasteiger partial charge in [-0.2, -0.15) is 0 Å². The third kappa shape index (κ3) is 4.01. The number of piperazine rings is 1. The second-order valence-corrected chi connectivity index (χ2v) is 6.23. The van der Waals surface area contributed by atoms with E-state index in [1.54, 1.807) is 17.0 Å². The van der Waals surface area contributed by atoms with Gasteiger partial charge in [0.05, 0.1) is 6.04 Å². The topological polar surface area (TPSA) is 113 Å². The van der Waals surface area contributed by atoms with Crippen LogP contribution in [0.15, 0.2) is 48.5 Å². The summed E-state index contributed by atoms with van der Waals surface area (Å²) in [6, 6.07) is 14.1. The van der Waals surface area contributed by atoms with Crippen LogP contribution >= 0.6 is 0 Å². The van der Waals surface area contributed by atoms with E-state index in [0.29, 0.717) is 30.9 Å². The summed E-state index contributed by atoms with van der Waals surface area (Å²) in [5, 5.41) is 6.13. The number of primary amides is 1. The number of hydrogen-bond donors (Lipinski definition) is 4. The summed E-state index contributed by atoms with van der Waals surface area (Å²) < 4.78 is 0. The fourth-order valence-corrected chi connectivity index (χ4v) is 3.10. The highest BCUT2D eigenvalue weighted by atomic mass is 16.2. The van der Waals surface area contributed by atoms with Crippen molar-refractivity contribution in [3.8, 4) is 0 Å². The molecule has 3 rings (SSSR count). The van der Waals surface area contributed by atoms with Crippen LogP contribution in [0, 0.1) is 0 Å². The largest absolute Gasteiger partial charge is 0.351 e. The van der Waals surface area contributed by atoms with E-state index in [0.717, 1.165) is 17.7 Å². The Kier molecular flexibility index (Phi) is 5.50. The van der Waals surface area contributed by atoms with Crippen molar-refractivity contribution in [1.82, 2.24) is 10.2 Å². The first-order valence-corrected chi connectivity index (χ1v) is 8.55. The standard InChI is InChI=1S/C19H23N5O2/c20-11-13-2-1-3-16(10-13)23-18(25)15-6-4-14(5-7-15)17-12-22-8-9-24(17)19(21)26/h1-7,10,17,22H,8-9,11-12,20H2,(H2,21,26)(H,23,25). The molecule has 0 aromatic heterocycles. The fourth-order valence-electron chi connectivity index (χ4n) is 3.10. The van der Waals surface area contributed by atoms with Crippen LogP contribution in [0.1, 0.15) is 27.5 Å². The molecule has 136 valence electrons. The number of carbonyl (C=O) groups is 2. The monoisotopic (exact) mass is 353 g/mol. The maximum Gasteiger partial charge on any atom is 0.315 e. The average Bonchev–Trinajstić information content (AvgIpc) is 2.68. The first-order valence-electron chi connectivity index (χ1n) is 8.55. The van der Waals surface area contributed by atoms with Crippen molar-refractivity contribution >= 4 is 17.6 Å². The van der Waals surface area contributed by atoms with Gasteiger partial charge in [0.1, 0.15) is 0 Å². The van der Waals surface area contributed by atoms with Crippen LogP contribution in [0.2, 0.25) is 0 Å². The molecule has 1 saturated heterocycles. The van der Waals surface area contributed by atoms with Crippen LogP contribution in [0.25, 0.3) is 0 Å². The van der Waals surface area contributed by atoms with E-state index < -0.39 is 6.03 Å². The van der Waals surface area contributed by atoms with Gasteiger partial charge in [0.25, 0.3) is 5.91 Å². The number of hydrogen-bond acceptors (Lipinski definition) is 4. The van der Waals surface area contributed by atoms with Crippen molar-refractivity contribution in [2.45, 2.75) is 12.6 Å². The number of carbonyl (C=O) groups excluding carboxylic acids is 2. The molecule has 0 saturated carbocycles. The van der Waals surface area contributed by atoms with Gasteiger partial charge in [-0.15, -0.1) is 0 Å². The zero-order valence-electron chi connectivity index (χ0n) is 14.4. The highest BCUT2D eigenvalue weighted by Gasteiger charge is 2.26. The van der Waals surface area contributed by atoms with Crippen molar-refractivity contribution in [2.75, 3.05) is 25.0 Å². The Bertz CT molecular complexity index is 791. The Hall–Kier alpha value is -2.90. The minimum absolute atomic E-state index is 0.125. The molecule has 7 heteroatoms. The molecule has 2 aromatic carbocycles. The number of nitrogens with one attached hydrogen (secondary N) is 2. The van der Waals surface area contributed by atoms with Gasteiger partial charge in [-0.1, -0.05) is 24.3 Å². The minimum Gasteiger partial charge on any atom is -0.351 e. The summed E-state index contributed by atoms with van der Waals surface area (Å²) in [5.41, 5.74) is 14.2. The Balaban J connectivity index is 1.72. The zero-order chi connectivity index (χ0) is 18.5. The zero-order valence-corrected chi connectivity index (χ0v) is 14.4. The second-order valence-electron chi connectivity index (χ2n) is 6.23. The average molecular weight is 353 g/mol. The predicted octanol–water partition coefficient (Wildman–Crippen LogP) is 1.42. The van der Waals surface area contributed by atoms with Crippen LogP contribution in [-0.4, -0.2) is 36.5 Å². The van der Waals surface area contributed by atoms with Crippen molar-refractivity contribution in [3.05, 3.63) is 65.2 Å². The van der Waals surface area contributed by atoms with Crippen LogP contribution in [0.4, 0.5) is 10.5 Å². The number of benzene rings is 2. The molecular formula is C19H23N5O2. The van der Waals surface area contributed by atoms with E-state index >= 15 is 0 Å². The number of rotatable bonds is 4. The predicted molar refractivity (Wildman–Crippen MR) is 101 cm³/mol. The van der Waals surface area contributed by atoms with Crippen molar-refractivity contribution < 1.29 is 9.59 Å². The summed E-state index contributed by atoms with van der Waals surface area (Å²) >= 11 is 0. The molecule has 1 unspecified atom stereocenters. The molecular weight excluding hydrogens is 330 g/mol. The van der Waals surface area contributed by atoms with E-state index in [4.69, 9.17) is 11.5 Å². The van der Waals surface area contributed by atoms with Crippen molar-refractivity contribution in [2.24, 2.45) is 11.5 Å². The van der Waals surface area contributed by atoms with E-state index in [1.165, 1.54) is 0 Å². The molecule has 3 amide bonds. The molecule has 1 fully saturated rings. The Morgan fingerprint density at radius 1 is 1.19 bits per heavy atom. The number of nitrogens with zero attached hydrogens (tertiary/aromatic N) is 1. The lowest BCUT2D eigenvalue weighted by Gasteiger charge is -2.35. The summed E-state index contributed by atoms with van der Waals surface area (Å²) in [5.74, 6) is -0.195. The first-order chi connectivity index (χ1) is 12.6. The SMILES string of the molecule is NCc1cccc(NC(=O)c2ccc(C3CNCCN3C(N)=O)cc2)c1. The second kappa shape index (κ2) is 7.99. The maximum atomic E-state index is 12.4. The van der Waals surface area contributed by atoms with Gasteiger partial charge in [-0.3, -0.25) is 4.79 Å². The number of urea groups is 1. The normalized spacial score (nSPS) is 17.0. The van der Waals surface area contributed by atoms with Crippen LogP contribution in [-0.2, 0) is 6.54 Å². The van der Waals surface area contributed by atoms with Gasteiger partial charge in [0, 0.05) is 37.4 Å². The molecule has 6 N–H and O–H groups in total. The minimum atomic E-state index is -0.432. The lowest BCUT2D eigenvalue weighted by Crippen LogP contribution is -2.50. The van der Waals surface area contributed by atoms with Gasteiger partial charge in [-0.25, -0.2) is 4.79 Å². The van der Waals surface area contributed by atoms with Gasteiger partial charge in [-0.05, 0) is 35.4 Å². The molecule has 0 radical (unpaired) electrons. The fraction of sp³-hybridized carbons (Fsp3) is 0.263. The molecule has 0 bridgehead atoms. The van der Waals surface area contributed by atoms with Gasteiger partial charge >= 0.3 is 6.03 Å². The van der Waals surface area contributed by atoms with E-state index in [1.807, 2.05) is 36.4 Å². The van der Waals surface area contributed by atoms with E-state index in [9.17, 15) is 9.59 Å². The van der Waals surface area contributed by atoms with Crippen LogP contribution in [0.3, 0.4) is 0 Å². The summed E-state index contributed by atoms with van der Waals surface area (Å²) in [6.45, 7) is 2.35. The Labute approximate surface area is 152 Å². The number of nitrogens with two attached hydrogens (primary N) is 2. The Morgan fingerprint density at radius 2 is 1.96 bits per heavy atom. The Morgan fingerprint density at radius 3 is 2.65 bits per heavy atom. The summed E-state index contributed by atoms with van der Waals surface area (Å²) in [7, 11) is 0. The van der Waals surface area contributed by atoms with Crippen LogP contribution in [0.5, 0.6) is 0 Å². The van der Waals surface area contributed by atoms with Gasteiger partial charge < -0.3 is 27.0 Å². The molecule has 7 nitrogen and oxygen atoms in total. The van der Waals surface area contributed by atoms with Gasteiger partial charge in [0.2, 0.25) is 0 Å². The summed E-state index contributed by atoms with van der Waals surface area (Å²) in [6.07, 6.45) is 0. The molecule has 1 atom stereocenters. The molecule has 26 heavy (non-hydrogen) atoms. The molecule has 1 aliphatic heterocycles. The molecule has 1 heterocycles. The smallest absolute Gasteiger partial charge is 0.315 e. The summed E-state index contributed by atoms with van der Waals surface area (Å²) in [4.78, 5) is 25.7. The molecule has 2 aromatic rings. The lowest BCUT2D eigenvalue weighted by atomic mass is 10.0. The van der Waals surface area contributed by atoms with Gasteiger partial charge in [0.15, 0.2) is 0 Å². The molecule has 1 aliphatic rings. The number of anilines is 1. The highest BCUT2D eigenvalue weighted by Crippen LogP contribution is 2.22. The quantitative estimate of drug-likeness (QED) is 0.666. The van der Waals surface area contributed by atoms with Crippen molar-refractivity contribution in [1.29, 1.82) is 0 Å². The first kappa shape index (κ1) is 17.9. The lowest BCUT2D eigenvalue weighted by molar-refractivity contribution is 0.102.